The number of nitrogen functional groups attached to an aromatic ring is 1. The highest BCUT2D eigenvalue weighted by Gasteiger charge is 2.09. The van der Waals surface area contributed by atoms with Crippen molar-refractivity contribution < 1.29 is 4.42 Å². The Labute approximate surface area is 109 Å². The van der Waals surface area contributed by atoms with Crippen LogP contribution < -0.4 is 5.73 Å². The van der Waals surface area contributed by atoms with Gasteiger partial charge in [-0.05, 0) is 40.2 Å². The minimum atomic E-state index is 0.686. The number of anilines is 1. The molecule has 0 spiro atoms. The van der Waals surface area contributed by atoms with Crippen molar-refractivity contribution in [2.24, 2.45) is 0 Å². The largest absolute Gasteiger partial charge is 0.456 e. The number of furan rings is 1. The van der Waals surface area contributed by atoms with E-state index in [0.717, 1.165) is 30.9 Å². The van der Waals surface area contributed by atoms with Gasteiger partial charge in [0, 0.05) is 31.5 Å². The summed E-state index contributed by atoms with van der Waals surface area (Å²) >= 11 is 6.85. The lowest BCUT2D eigenvalue weighted by atomic mass is 10.1. The Morgan fingerprint density at radius 2 is 1.69 bits per heavy atom. The molecule has 4 heteroatoms. The van der Waals surface area contributed by atoms with Gasteiger partial charge >= 0.3 is 0 Å². The molecule has 0 aliphatic heterocycles. The molecule has 2 N–H and O–H groups in total. The van der Waals surface area contributed by atoms with Gasteiger partial charge in [-0.3, -0.25) is 0 Å². The normalized spacial score (nSPS) is 11.4. The molecule has 0 unspecified atom stereocenters. The number of fused-ring (bicyclic) bond motifs is 3. The van der Waals surface area contributed by atoms with E-state index in [2.05, 4.69) is 31.9 Å². The van der Waals surface area contributed by atoms with Crippen molar-refractivity contribution in [2.75, 3.05) is 5.73 Å². The molecule has 0 saturated carbocycles. The van der Waals surface area contributed by atoms with Gasteiger partial charge in [0.1, 0.15) is 11.2 Å². The smallest absolute Gasteiger partial charge is 0.137 e. The van der Waals surface area contributed by atoms with Gasteiger partial charge in [-0.1, -0.05) is 15.9 Å². The van der Waals surface area contributed by atoms with E-state index in [-0.39, 0.29) is 0 Å². The highest BCUT2D eigenvalue weighted by atomic mass is 79.9. The summed E-state index contributed by atoms with van der Waals surface area (Å²) in [5.41, 5.74) is 8.18. The Hall–Kier alpha value is -1.00. The molecule has 0 saturated heterocycles. The van der Waals surface area contributed by atoms with Crippen LogP contribution in [0, 0.1) is 0 Å². The van der Waals surface area contributed by atoms with Crippen molar-refractivity contribution in [3.8, 4) is 0 Å². The lowest BCUT2D eigenvalue weighted by molar-refractivity contribution is 0.669. The van der Waals surface area contributed by atoms with Gasteiger partial charge in [0.2, 0.25) is 0 Å². The third-order valence-electron chi connectivity index (χ3n) is 2.55. The van der Waals surface area contributed by atoms with E-state index in [0.29, 0.717) is 5.69 Å². The average molecular weight is 341 g/mol. The van der Waals surface area contributed by atoms with Crippen LogP contribution in [0.15, 0.2) is 43.7 Å². The fourth-order valence-corrected chi connectivity index (χ4v) is 2.47. The summed E-state index contributed by atoms with van der Waals surface area (Å²) in [5.74, 6) is 0. The molecule has 0 aliphatic carbocycles. The van der Waals surface area contributed by atoms with Crippen molar-refractivity contribution in [3.05, 3.63) is 39.3 Å². The number of halogens is 2. The summed E-state index contributed by atoms with van der Waals surface area (Å²) in [4.78, 5) is 0. The second-order valence-corrected chi connectivity index (χ2v) is 5.38. The van der Waals surface area contributed by atoms with Crippen LogP contribution in [0.25, 0.3) is 21.9 Å². The van der Waals surface area contributed by atoms with E-state index >= 15 is 0 Å². The van der Waals surface area contributed by atoms with Crippen LogP contribution in [0.1, 0.15) is 0 Å². The second kappa shape index (κ2) is 3.50. The van der Waals surface area contributed by atoms with Crippen molar-refractivity contribution in [1.29, 1.82) is 0 Å². The first-order valence-corrected chi connectivity index (χ1v) is 6.30. The maximum Gasteiger partial charge on any atom is 0.137 e. The summed E-state index contributed by atoms with van der Waals surface area (Å²) in [6, 6.07) is 9.83. The van der Waals surface area contributed by atoms with E-state index in [1.807, 2.05) is 30.3 Å². The van der Waals surface area contributed by atoms with E-state index in [1.54, 1.807) is 0 Å². The predicted octanol–water partition coefficient (Wildman–Crippen LogP) is 4.69. The topological polar surface area (TPSA) is 39.2 Å². The third-order valence-corrected chi connectivity index (χ3v) is 3.73. The summed E-state index contributed by atoms with van der Waals surface area (Å²) in [6.45, 7) is 0. The molecule has 0 atom stereocenters. The van der Waals surface area contributed by atoms with Crippen LogP contribution in [-0.2, 0) is 0 Å². The molecule has 0 bridgehead atoms. The number of benzene rings is 2. The molecule has 16 heavy (non-hydrogen) atoms. The van der Waals surface area contributed by atoms with Gasteiger partial charge in [0.25, 0.3) is 0 Å². The van der Waals surface area contributed by atoms with E-state index in [4.69, 9.17) is 10.2 Å². The number of nitrogens with two attached hydrogens (primary N) is 1. The average Bonchev–Trinajstić information content (AvgIpc) is 2.55. The van der Waals surface area contributed by atoms with Crippen molar-refractivity contribution in [3.63, 3.8) is 0 Å². The standard InChI is InChI=1S/C12H7Br2NO/c13-6-1-2-7-8-4-9(14)10(15)5-12(8)16-11(7)3-6/h1-5H,15H2. The van der Waals surface area contributed by atoms with Crippen LogP contribution in [0.3, 0.4) is 0 Å². The Kier molecular flexibility index (Phi) is 2.23. The molecule has 2 nitrogen and oxygen atoms in total. The third kappa shape index (κ3) is 1.44. The van der Waals surface area contributed by atoms with Gasteiger partial charge in [-0.25, -0.2) is 0 Å². The number of hydrogen-bond acceptors (Lipinski definition) is 2. The highest BCUT2D eigenvalue weighted by Crippen LogP contribution is 2.34. The molecule has 80 valence electrons. The minimum Gasteiger partial charge on any atom is -0.456 e. The molecule has 1 aromatic heterocycles. The number of rotatable bonds is 0. The van der Waals surface area contributed by atoms with Crippen molar-refractivity contribution in [2.45, 2.75) is 0 Å². The molecule has 0 fully saturated rings. The molecular weight excluding hydrogens is 334 g/mol. The molecule has 3 rings (SSSR count). The highest BCUT2D eigenvalue weighted by molar-refractivity contribution is 9.10. The van der Waals surface area contributed by atoms with Crippen LogP contribution in [0.5, 0.6) is 0 Å². The summed E-state index contributed by atoms with van der Waals surface area (Å²) in [5, 5.41) is 2.17. The first-order chi connectivity index (χ1) is 7.65. The van der Waals surface area contributed by atoms with Crippen molar-refractivity contribution >= 4 is 59.5 Å². The van der Waals surface area contributed by atoms with E-state index < -0.39 is 0 Å². The Balaban J connectivity index is 2.51. The van der Waals surface area contributed by atoms with Crippen LogP contribution in [-0.4, -0.2) is 0 Å². The molecule has 0 aliphatic rings. The lowest BCUT2D eigenvalue weighted by Crippen LogP contribution is -1.84. The monoisotopic (exact) mass is 339 g/mol. The fraction of sp³-hybridized carbons (Fsp3) is 0. The van der Waals surface area contributed by atoms with Crippen LogP contribution in [0.4, 0.5) is 5.69 Å². The first kappa shape index (κ1) is 10.2. The van der Waals surface area contributed by atoms with Gasteiger partial charge in [-0.15, -0.1) is 0 Å². The first-order valence-electron chi connectivity index (χ1n) is 4.72. The van der Waals surface area contributed by atoms with E-state index in [9.17, 15) is 0 Å². The Morgan fingerprint density at radius 1 is 0.938 bits per heavy atom. The molecule has 1 heterocycles. The summed E-state index contributed by atoms with van der Waals surface area (Å²) < 4.78 is 7.64. The fourth-order valence-electron chi connectivity index (χ4n) is 1.79. The SMILES string of the molecule is Nc1cc2oc3cc(Br)ccc3c2cc1Br. The van der Waals surface area contributed by atoms with Crippen LogP contribution in [0.2, 0.25) is 0 Å². The van der Waals surface area contributed by atoms with Crippen LogP contribution >= 0.6 is 31.9 Å². The number of hydrogen-bond donors (Lipinski definition) is 1. The summed E-state index contributed by atoms with van der Waals surface area (Å²) in [6.07, 6.45) is 0. The van der Waals surface area contributed by atoms with Gasteiger partial charge in [-0.2, -0.15) is 0 Å². The van der Waals surface area contributed by atoms with E-state index in [1.165, 1.54) is 0 Å². The summed E-state index contributed by atoms with van der Waals surface area (Å²) in [7, 11) is 0. The Morgan fingerprint density at radius 3 is 2.50 bits per heavy atom. The maximum atomic E-state index is 5.82. The van der Waals surface area contributed by atoms with Gasteiger partial charge in [0.05, 0.1) is 0 Å². The Bertz CT molecular complexity index is 703. The van der Waals surface area contributed by atoms with Gasteiger partial charge < -0.3 is 10.2 Å². The molecule has 2 aromatic carbocycles. The minimum absolute atomic E-state index is 0.686. The lowest BCUT2D eigenvalue weighted by Gasteiger charge is -1.96. The molecule has 3 aromatic rings. The van der Waals surface area contributed by atoms with Gasteiger partial charge in [0.15, 0.2) is 0 Å². The second-order valence-electron chi connectivity index (χ2n) is 3.61. The quantitative estimate of drug-likeness (QED) is 0.603. The van der Waals surface area contributed by atoms with Crippen molar-refractivity contribution in [1.82, 2.24) is 0 Å². The predicted molar refractivity (Wildman–Crippen MR) is 73.5 cm³/mol. The maximum absolute atomic E-state index is 5.82. The molecular formula is C12H7Br2NO. The molecule has 0 amide bonds. The zero-order valence-corrected chi connectivity index (χ0v) is 11.3. The zero-order chi connectivity index (χ0) is 11.3. The zero-order valence-electron chi connectivity index (χ0n) is 8.13. The molecule has 0 radical (unpaired) electrons.